The molecule has 0 aromatic heterocycles. The second-order valence-electron chi connectivity index (χ2n) is 5.58. The van der Waals surface area contributed by atoms with Crippen LogP contribution in [0.3, 0.4) is 0 Å². The number of carbonyl (C=O) groups is 1. The highest BCUT2D eigenvalue weighted by molar-refractivity contribution is 6.05. The van der Waals surface area contributed by atoms with Crippen LogP contribution >= 0.6 is 0 Å². The number of para-hydroxylation sites is 1. The van der Waals surface area contributed by atoms with Crippen LogP contribution in [0.4, 0.5) is 10.1 Å². The van der Waals surface area contributed by atoms with Crippen molar-refractivity contribution >= 4 is 11.6 Å². The van der Waals surface area contributed by atoms with E-state index in [-0.39, 0.29) is 11.6 Å². The molecule has 3 rings (SSSR count). The van der Waals surface area contributed by atoms with E-state index in [0.29, 0.717) is 5.56 Å². The highest BCUT2D eigenvalue weighted by Crippen LogP contribution is 2.17. The van der Waals surface area contributed by atoms with Gasteiger partial charge in [0, 0.05) is 5.56 Å². The van der Waals surface area contributed by atoms with Crippen molar-refractivity contribution in [1.29, 1.82) is 0 Å². The standard InChI is InChI=1S/C21H18FNO/c22-19-12-6-7-13-20(19)23-21(24)18-11-5-4-10-17(18)15-14-16-8-2-1-3-9-16/h1-13H,14-15H2,(H,23,24). The molecule has 0 aliphatic carbocycles. The Morgan fingerprint density at radius 2 is 1.46 bits per heavy atom. The Hall–Kier alpha value is -2.94. The number of rotatable bonds is 5. The fourth-order valence-corrected chi connectivity index (χ4v) is 2.64. The summed E-state index contributed by atoms with van der Waals surface area (Å²) in [7, 11) is 0. The van der Waals surface area contributed by atoms with Gasteiger partial charge in [0.05, 0.1) is 5.69 Å². The summed E-state index contributed by atoms with van der Waals surface area (Å²) < 4.78 is 13.7. The molecule has 24 heavy (non-hydrogen) atoms. The molecule has 0 aliphatic rings. The summed E-state index contributed by atoms with van der Waals surface area (Å²) in [6, 6.07) is 23.8. The third-order valence-electron chi connectivity index (χ3n) is 3.91. The number of anilines is 1. The van der Waals surface area contributed by atoms with Gasteiger partial charge in [0.1, 0.15) is 5.82 Å². The van der Waals surface area contributed by atoms with Gasteiger partial charge in [-0.3, -0.25) is 4.79 Å². The Balaban J connectivity index is 1.76. The number of amides is 1. The van der Waals surface area contributed by atoms with E-state index in [1.165, 1.54) is 11.6 Å². The Kier molecular flexibility index (Phi) is 5.02. The Bertz CT molecular complexity index is 830. The first-order valence-corrected chi connectivity index (χ1v) is 7.92. The molecule has 0 radical (unpaired) electrons. The van der Waals surface area contributed by atoms with Crippen molar-refractivity contribution < 1.29 is 9.18 Å². The zero-order valence-electron chi connectivity index (χ0n) is 13.2. The molecule has 1 N–H and O–H groups in total. The molecule has 2 nitrogen and oxygen atoms in total. The van der Waals surface area contributed by atoms with Gasteiger partial charge in [0.25, 0.3) is 5.91 Å². The molecule has 0 unspecified atom stereocenters. The SMILES string of the molecule is O=C(Nc1ccccc1F)c1ccccc1CCc1ccccc1. The van der Waals surface area contributed by atoms with Gasteiger partial charge >= 0.3 is 0 Å². The van der Waals surface area contributed by atoms with Gasteiger partial charge < -0.3 is 5.32 Å². The maximum atomic E-state index is 13.7. The summed E-state index contributed by atoms with van der Waals surface area (Å²) in [6.45, 7) is 0. The van der Waals surface area contributed by atoms with E-state index < -0.39 is 5.82 Å². The minimum atomic E-state index is -0.437. The van der Waals surface area contributed by atoms with Gasteiger partial charge in [0.15, 0.2) is 0 Å². The Labute approximate surface area is 141 Å². The second kappa shape index (κ2) is 7.55. The molecule has 0 heterocycles. The second-order valence-corrected chi connectivity index (χ2v) is 5.58. The summed E-state index contributed by atoms with van der Waals surface area (Å²) in [5.74, 6) is -0.726. The molecule has 0 spiro atoms. The average molecular weight is 319 g/mol. The minimum absolute atomic E-state index is 0.195. The molecule has 0 saturated heterocycles. The number of carbonyl (C=O) groups excluding carboxylic acids is 1. The van der Waals surface area contributed by atoms with Crippen molar-refractivity contribution in [2.24, 2.45) is 0 Å². The van der Waals surface area contributed by atoms with E-state index in [2.05, 4.69) is 17.4 Å². The zero-order valence-corrected chi connectivity index (χ0v) is 13.2. The van der Waals surface area contributed by atoms with Gasteiger partial charge in [-0.05, 0) is 42.2 Å². The van der Waals surface area contributed by atoms with Crippen LogP contribution in [-0.4, -0.2) is 5.91 Å². The number of benzene rings is 3. The van der Waals surface area contributed by atoms with Crippen molar-refractivity contribution in [3.8, 4) is 0 Å². The molecule has 0 bridgehead atoms. The van der Waals surface area contributed by atoms with Crippen molar-refractivity contribution in [2.45, 2.75) is 12.8 Å². The van der Waals surface area contributed by atoms with Crippen LogP contribution in [0, 0.1) is 5.82 Å². The average Bonchev–Trinajstić information content (AvgIpc) is 2.63. The molecule has 0 fully saturated rings. The third-order valence-corrected chi connectivity index (χ3v) is 3.91. The molecule has 3 heteroatoms. The molecule has 0 saturated carbocycles. The highest BCUT2D eigenvalue weighted by Gasteiger charge is 2.12. The van der Waals surface area contributed by atoms with Crippen molar-refractivity contribution in [3.63, 3.8) is 0 Å². The maximum Gasteiger partial charge on any atom is 0.256 e. The fraction of sp³-hybridized carbons (Fsp3) is 0.0952. The summed E-state index contributed by atoms with van der Waals surface area (Å²) in [5.41, 5.74) is 2.95. The van der Waals surface area contributed by atoms with E-state index in [1.54, 1.807) is 24.3 Å². The first-order valence-electron chi connectivity index (χ1n) is 7.92. The minimum Gasteiger partial charge on any atom is -0.319 e. The Morgan fingerprint density at radius 3 is 2.25 bits per heavy atom. The first-order chi connectivity index (χ1) is 11.7. The van der Waals surface area contributed by atoms with Crippen molar-refractivity contribution in [3.05, 3.63) is 101 Å². The van der Waals surface area contributed by atoms with Gasteiger partial charge in [0.2, 0.25) is 0 Å². The van der Waals surface area contributed by atoms with Crippen molar-refractivity contribution in [1.82, 2.24) is 0 Å². The van der Waals surface area contributed by atoms with Crippen molar-refractivity contribution in [2.75, 3.05) is 5.32 Å². The third kappa shape index (κ3) is 3.87. The lowest BCUT2D eigenvalue weighted by Crippen LogP contribution is -2.15. The molecule has 0 atom stereocenters. The quantitative estimate of drug-likeness (QED) is 0.714. The van der Waals surface area contributed by atoms with E-state index >= 15 is 0 Å². The van der Waals surface area contributed by atoms with Crippen LogP contribution in [0.1, 0.15) is 21.5 Å². The van der Waals surface area contributed by atoms with Crippen LogP contribution in [0.5, 0.6) is 0 Å². The van der Waals surface area contributed by atoms with E-state index in [4.69, 9.17) is 0 Å². The molecular formula is C21H18FNO. The molecule has 0 aliphatic heterocycles. The van der Waals surface area contributed by atoms with Crippen LogP contribution in [0.2, 0.25) is 0 Å². The lowest BCUT2D eigenvalue weighted by molar-refractivity contribution is 0.102. The molecule has 120 valence electrons. The molecule has 3 aromatic rings. The number of aryl methyl sites for hydroxylation is 2. The van der Waals surface area contributed by atoms with E-state index in [9.17, 15) is 9.18 Å². The predicted molar refractivity (Wildman–Crippen MR) is 94.6 cm³/mol. The van der Waals surface area contributed by atoms with Gasteiger partial charge in [-0.2, -0.15) is 0 Å². The largest absolute Gasteiger partial charge is 0.319 e. The van der Waals surface area contributed by atoms with Crippen LogP contribution in [0.25, 0.3) is 0 Å². The first kappa shape index (κ1) is 15.9. The molecule has 3 aromatic carbocycles. The van der Waals surface area contributed by atoms with Gasteiger partial charge in [-0.1, -0.05) is 60.7 Å². The number of halogens is 1. The van der Waals surface area contributed by atoms with Crippen LogP contribution in [0.15, 0.2) is 78.9 Å². The van der Waals surface area contributed by atoms with E-state index in [0.717, 1.165) is 18.4 Å². The molecule has 1 amide bonds. The van der Waals surface area contributed by atoms with Gasteiger partial charge in [-0.25, -0.2) is 4.39 Å². The normalized spacial score (nSPS) is 10.4. The van der Waals surface area contributed by atoms with Crippen LogP contribution in [-0.2, 0) is 12.8 Å². The maximum absolute atomic E-state index is 13.7. The topological polar surface area (TPSA) is 29.1 Å². The number of nitrogens with one attached hydrogen (secondary N) is 1. The van der Waals surface area contributed by atoms with Crippen LogP contribution < -0.4 is 5.32 Å². The summed E-state index contributed by atoms with van der Waals surface area (Å²) in [4.78, 5) is 12.5. The fourth-order valence-electron chi connectivity index (χ4n) is 2.64. The lowest BCUT2D eigenvalue weighted by atomic mass is 9.99. The summed E-state index contributed by atoms with van der Waals surface area (Å²) in [5, 5.41) is 2.65. The predicted octanol–water partition coefficient (Wildman–Crippen LogP) is 4.86. The number of hydrogen-bond acceptors (Lipinski definition) is 1. The molecular weight excluding hydrogens is 301 g/mol. The van der Waals surface area contributed by atoms with Gasteiger partial charge in [-0.15, -0.1) is 0 Å². The summed E-state index contributed by atoms with van der Waals surface area (Å²) in [6.07, 6.45) is 1.61. The smallest absolute Gasteiger partial charge is 0.256 e. The lowest BCUT2D eigenvalue weighted by Gasteiger charge is -2.11. The monoisotopic (exact) mass is 319 g/mol. The summed E-state index contributed by atoms with van der Waals surface area (Å²) >= 11 is 0. The Morgan fingerprint density at radius 1 is 0.792 bits per heavy atom. The number of hydrogen-bond donors (Lipinski definition) is 1. The highest BCUT2D eigenvalue weighted by atomic mass is 19.1. The van der Waals surface area contributed by atoms with E-state index in [1.807, 2.05) is 36.4 Å². The zero-order chi connectivity index (χ0) is 16.8.